The quantitative estimate of drug-likeness (QED) is 0.632. The van der Waals surface area contributed by atoms with E-state index >= 15 is 0 Å². The summed E-state index contributed by atoms with van der Waals surface area (Å²) >= 11 is 0. The number of Topliss-reactive ketones (excluding diaryl/α,β-unsaturated/α-hetero) is 1. The maximum atomic E-state index is 12.6. The molecular weight excluding hydrogens is 268 g/mol. The average molecular weight is 290 g/mol. The minimum absolute atomic E-state index is 0.0488. The number of hydrogen-bond donors (Lipinski definition) is 0. The minimum atomic E-state index is -1.18. The number of ether oxygens (including phenoxy) is 2. The Labute approximate surface area is 125 Å². The summed E-state index contributed by atoms with van der Waals surface area (Å²) in [6.45, 7) is 4.10. The predicted octanol–water partition coefficient (Wildman–Crippen LogP) is 2.89. The van der Waals surface area contributed by atoms with Gasteiger partial charge in [0.25, 0.3) is 0 Å². The molecule has 114 valence electrons. The molecule has 1 aliphatic rings. The van der Waals surface area contributed by atoms with Crippen LogP contribution in [0.1, 0.15) is 38.7 Å². The van der Waals surface area contributed by atoms with E-state index in [0.717, 1.165) is 6.42 Å². The van der Waals surface area contributed by atoms with Gasteiger partial charge in [-0.1, -0.05) is 19.1 Å². The van der Waals surface area contributed by atoms with E-state index in [1.807, 2.05) is 12.1 Å². The highest BCUT2D eigenvalue weighted by atomic mass is 16.5. The molecule has 4 heteroatoms. The van der Waals surface area contributed by atoms with Gasteiger partial charge in [-0.3, -0.25) is 9.59 Å². The maximum Gasteiger partial charge on any atom is 0.324 e. The molecule has 0 saturated heterocycles. The van der Waals surface area contributed by atoms with Crippen LogP contribution in [0, 0.1) is 5.92 Å². The van der Waals surface area contributed by atoms with E-state index in [9.17, 15) is 9.59 Å². The Morgan fingerprint density at radius 3 is 2.86 bits per heavy atom. The standard InChI is InChI=1S/C17H22O4/c1-4-21-16(19)17(11-12(2)8-9-15(17)18)13-6-5-7-14(10-13)20-3/h5-7,10,12H,4,8-9,11H2,1-3H3. The lowest BCUT2D eigenvalue weighted by Gasteiger charge is -2.36. The minimum Gasteiger partial charge on any atom is -0.497 e. The molecule has 4 nitrogen and oxygen atoms in total. The Balaban J connectivity index is 2.53. The lowest BCUT2D eigenvalue weighted by atomic mass is 9.65. The van der Waals surface area contributed by atoms with Crippen LogP contribution < -0.4 is 4.74 Å². The van der Waals surface area contributed by atoms with Crippen molar-refractivity contribution in [2.24, 2.45) is 5.92 Å². The van der Waals surface area contributed by atoms with Crippen LogP contribution in [-0.2, 0) is 19.7 Å². The van der Waals surface area contributed by atoms with Crippen LogP contribution in [0.4, 0.5) is 0 Å². The topological polar surface area (TPSA) is 52.6 Å². The number of esters is 1. The molecule has 1 fully saturated rings. The summed E-state index contributed by atoms with van der Waals surface area (Å²) in [6, 6.07) is 7.20. The molecule has 21 heavy (non-hydrogen) atoms. The largest absolute Gasteiger partial charge is 0.497 e. The first-order chi connectivity index (χ1) is 10.0. The van der Waals surface area contributed by atoms with Gasteiger partial charge in [0.2, 0.25) is 0 Å². The molecule has 0 heterocycles. The number of benzene rings is 1. The van der Waals surface area contributed by atoms with Gasteiger partial charge in [-0.25, -0.2) is 0 Å². The van der Waals surface area contributed by atoms with Crippen LogP contribution in [0.5, 0.6) is 5.75 Å². The molecule has 0 spiro atoms. The Hall–Kier alpha value is -1.84. The zero-order valence-corrected chi connectivity index (χ0v) is 12.8. The van der Waals surface area contributed by atoms with Crippen molar-refractivity contribution in [3.05, 3.63) is 29.8 Å². The van der Waals surface area contributed by atoms with Gasteiger partial charge in [0.05, 0.1) is 13.7 Å². The summed E-state index contributed by atoms with van der Waals surface area (Å²) in [4.78, 5) is 25.2. The average Bonchev–Trinajstić information content (AvgIpc) is 2.50. The number of ketones is 1. The number of methoxy groups -OCH3 is 1. The Morgan fingerprint density at radius 2 is 2.19 bits per heavy atom. The lowest BCUT2D eigenvalue weighted by molar-refractivity contribution is -0.156. The maximum absolute atomic E-state index is 12.6. The fourth-order valence-corrected chi connectivity index (χ4v) is 3.07. The van der Waals surface area contributed by atoms with Crippen molar-refractivity contribution in [2.75, 3.05) is 13.7 Å². The first-order valence-electron chi connectivity index (χ1n) is 7.39. The summed E-state index contributed by atoms with van der Waals surface area (Å²) < 4.78 is 10.5. The van der Waals surface area contributed by atoms with Crippen molar-refractivity contribution in [1.82, 2.24) is 0 Å². The first kappa shape index (κ1) is 15.5. The highest BCUT2D eigenvalue weighted by Crippen LogP contribution is 2.41. The molecule has 2 atom stereocenters. The molecule has 2 rings (SSSR count). The van der Waals surface area contributed by atoms with Crippen LogP contribution in [0.2, 0.25) is 0 Å². The van der Waals surface area contributed by atoms with Gasteiger partial charge >= 0.3 is 5.97 Å². The van der Waals surface area contributed by atoms with Gasteiger partial charge < -0.3 is 9.47 Å². The number of hydrogen-bond acceptors (Lipinski definition) is 4. The molecule has 0 N–H and O–H groups in total. The van der Waals surface area contributed by atoms with Gasteiger partial charge in [-0.15, -0.1) is 0 Å². The van der Waals surface area contributed by atoms with Gasteiger partial charge in [-0.2, -0.15) is 0 Å². The van der Waals surface area contributed by atoms with Gasteiger partial charge in [0.1, 0.15) is 5.75 Å². The predicted molar refractivity (Wildman–Crippen MR) is 79.3 cm³/mol. The van der Waals surface area contributed by atoms with Crippen LogP contribution >= 0.6 is 0 Å². The smallest absolute Gasteiger partial charge is 0.324 e. The van der Waals surface area contributed by atoms with Crippen molar-refractivity contribution in [1.29, 1.82) is 0 Å². The molecular formula is C17H22O4. The molecule has 0 aliphatic heterocycles. The van der Waals surface area contributed by atoms with Gasteiger partial charge in [0, 0.05) is 6.42 Å². The van der Waals surface area contributed by atoms with E-state index in [1.54, 1.807) is 26.2 Å². The summed E-state index contributed by atoms with van der Waals surface area (Å²) in [5, 5.41) is 0. The van der Waals surface area contributed by atoms with Crippen molar-refractivity contribution in [2.45, 2.75) is 38.5 Å². The zero-order chi connectivity index (χ0) is 15.5. The van der Waals surface area contributed by atoms with Crippen LogP contribution in [-0.4, -0.2) is 25.5 Å². The molecule has 0 radical (unpaired) electrons. The number of carbonyl (C=O) groups is 2. The summed E-state index contributed by atoms with van der Waals surface area (Å²) in [5.74, 6) is 0.461. The Bertz CT molecular complexity index is 537. The van der Waals surface area contributed by atoms with E-state index in [-0.39, 0.29) is 12.4 Å². The molecule has 1 aromatic carbocycles. The number of carbonyl (C=O) groups excluding carboxylic acids is 2. The highest BCUT2D eigenvalue weighted by molar-refractivity contribution is 6.10. The molecule has 0 aromatic heterocycles. The second kappa shape index (κ2) is 6.29. The van der Waals surface area contributed by atoms with E-state index in [4.69, 9.17) is 9.47 Å². The third-order valence-corrected chi connectivity index (χ3v) is 4.18. The second-order valence-corrected chi connectivity index (χ2v) is 5.63. The van der Waals surface area contributed by atoms with Crippen LogP contribution in [0.15, 0.2) is 24.3 Å². The Kier molecular flexibility index (Phi) is 4.66. The fourth-order valence-electron chi connectivity index (χ4n) is 3.07. The summed E-state index contributed by atoms with van der Waals surface area (Å²) in [7, 11) is 1.57. The van der Waals surface area contributed by atoms with Crippen molar-refractivity contribution in [3.63, 3.8) is 0 Å². The van der Waals surface area contributed by atoms with Crippen LogP contribution in [0.25, 0.3) is 0 Å². The summed E-state index contributed by atoms with van der Waals surface area (Å²) in [5.41, 5.74) is -0.501. The first-order valence-corrected chi connectivity index (χ1v) is 7.39. The monoisotopic (exact) mass is 290 g/mol. The third-order valence-electron chi connectivity index (χ3n) is 4.18. The van der Waals surface area contributed by atoms with Gasteiger partial charge in [-0.05, 0) is 43.4 Å². The fraction of sp³-hybridized carbons (Fsp3) is 0.529. The Morgan fingerprint density at radius 1 is 1.43 bits per heavy atom. The van der Waals surface area contributed by atoms with Crippen LogP contribution in [0.3, 0.4) is 0 Å². The third kappa shape index (κ3) is 2.80. The van der Waals surface area contributed by atoms with Gasteiger partial charge in [0.15, 0.2) is 11.2 Å². The second-order valence-electron chi connectivity index (χ2n) is 5.63. The van der Waals surface area contributed by atoms with E-state index in [2.05, 4.69) is 6.92 Å². The van der Waals surface area contributed by atoms with Crippen molar-refractivity contribution < 1.29 is 19.1 Å². The number of rotatable bonds is 4. The molecule has 0 amide bonds. The van der Waals surface area contributed by atoms with E-state index < -0.39 is 11.4 Å². The zero-order valence-electron chi connectivity index (χ0n) is 12.8. The molecule has 0 bridgehead atoms. The normalized spacial score (nSPS) is 25.5. The molecule has 1 saturated carbocycles. The van der Waals surface area contributed by atoms with Crippen molar-refractivity contribution >= 4 is 11.8 Å². The molecule has 1 aliphatic carbocycles. The van der Waals surface area contributed by atoms with E-state index in [1.165, 1.54) is 0 Å². The SMILES string of the molecule is CCOC(=O)C1(c2cccc(OC)c2)CC(C)CCC1=O. The van der Waals surface area contributed by atoms with E-state index in [0.29, 0.717) is 30.1 Å². The molecule has 1 aromatic rings. The lowest BCUT2D eigenvalue weighted by Crippen LogP contribution is -2.48. The highest BCUT2D eigenvalue weighted by Gasteiger charge is 2.51. The van der Waals surface area contributed by atoms with Crippen molar-refractivity contribution in [3.8, 4) is 5.75 Å². The summed E-state index contributed by atoms with van der Waals surface area (Å²) in [6.07, 6.45) is 1.74. The molecule has 2 unspecified atom stereocenters.